The lowest BCUT2D eigenvalue weighted by atomic mass is 10.1. The molecule has 19 heavy (non-hydrogen) atoms. The fourth-order valence-electron chi connectivity index (χ4n) is 1.51. The Morgan fingerprint density at radius 3 is 2.89 bits per heavy atom. The Bertz CT molecular complexity index is 633. The molecule has 0 aliphatic heterocycles. The van der Waals surface area contributed by atoms with Gasteiger partial charge >= 0.3 is 5.97 Å². The van der Waals surface area contributed by atoms with Gasteiger partial charge in [-0.2, -0.15) is 5.10 Å². The van der Waals surface area contributed by atoms with Crippen molar-refractivity contribution in [3.63, 3.8) is 0 Å². The quantitative estimate of drug-likeness (QED) is 0.625. The monoisotopic (exact) mass is 263 g/mol. The molecule has 1 aromatic carbocycles. The maximum atomic E-state index is 11.8. The van der Waals surface area contributed by atoms with Crippen LogP contribution >= 0.6 is 0 Å². The number of nitrogens with zero attached hydrogens (tertiary/aromatic N) is 1. The first-order valence-electron chi connectivity index (χ1n) is 5.57. The zero-order valence-electron chi connectivity index (χ0n) is 10.2. The van der Waals surface area contributed by atoms with Crippen molar-refractivity contribution < 1.29 is 19.8 Å². The van der Waals surface area contributed by atoms with Crippen molar-refractivity contribution in [1.29, 1.82) is 0 Å². The lowest BCUT2D eigenvalue weighted by Gasteiger charge is -2.18. The average molecular weight is 263 g/mol. The number of H-pyrrole nitrogens is 1. The molecule has 0 aliphatic rings. The maximum Gasteiger partial charge on any atom is 0.337 e. The fourth-order valence-corrected chi connectivity index (χ4v) is 1.51. The van der Waals surface area contributed by atoms with Gasteiger partial charge in [0.15, 0.2) is 5.60 Å². The second-order valence-electron chi connectivity index (χ2n) is 4.43. The molecular formula is C12H13N3O4. The predicted octanol–water partition coefficient (Wildman–Crippen LogP) is 0.128. The Morgan fingerprint density at radius 1 is 1.47 bits per heavy atom. The van der Waals surface area contributed by atoms with E-state index < -0.39 is 17.5 Å². The number of hydrogen-bond acceptors (Lipinski definition) is 4. The largest absolute Gasteiger partial charge is 0.479 e. The zero-order chi connectivity index (χ0) is 14.0. The summed E-state index contributed by atoms with van der Waals surface area (Å²) in [5.74, 6) is -1.84. The van der Waals surface area contributed by atoms with Crippen LogP contribution in [0.1, 0.15) is 17.3 Å². The van der Waals surface area contributed by atoms with E-state index in [9.17, 15) is 14.7 Å². The third-order valence-corrected chi connectivity index (χ3v) is 2.76. The van der Waals surface area contributed by atoms with Crippen LogP contribution in [0, 0.1) is 0 Å². The number of aromatic amines is 1. The number of carbonyl (C=O) groups excluding carboxylic acids is 1. The summed E-state index contributed by atoms with van der Waals surface area (Å²) in [6.45, 7) is 0.749. The molecule has 2 aromatic rings. The molecule has 7 nitrogen and oxygen atoms in total. The minimum Gasteiger partial charge on any atom is -0.479 e. The van der Waals surface area contributed by atoms with Gasteiger partial charge in [-0.1, -0.05) is 0 Å². The van der Waals surface area contributed by atoms with E-state index in [2.05, 4.69) is 15.5 Å². The van der Waals surface area contributed by atoms with Gasteiger partial charge in [-0.15, -0.1) is 0 Å². The normalized spacial score (nSPS) is 14.0. The first kappa shape index (κ1) is 13.0. The van der Waals surface area contributed by atoms with Crippen molar-refractivity contribution in [2.45, 2.75) is 12.5 Å². The molecule has 1 heterocycles. The van der Waals surface area contributed by atoms with Crippen LogP contribution in [0.3, 0.4) is 0 Å². The van der Waals surface area contributed by atoms with Crippen LogP contribution < -0.4 is 5.32 Å². The van der Waals surface area contributed by atoms with Gasteiger partial charge in [-0.25, -0.2) is 4.79 Å². The molecule has 0 radical (unpaired) electrons. The molecule has 0 fully saturated rings. The molecule has 4 N–H and O–H groups in total. The number of aliphatic carboxylic acids is 1. The van der Waals surface area contributed by atoms with E-state index in [1.165, 1.54) is 0 Å². The van der Waals surface area contributed by atoms with E-state index >= 15 is 0 Å². The molecule has 2 rings (SSSR count). The second-order valence-corrected chi connectivity index (χ2v) is 4.43. The third kappa shape index (κ3) is 2.71. The lowest BCUT2D eigenvalue weighted by molar-refractivity contribution is -0.155. The lowest BCUT2D eigenvalue weighted by Crippen LogP contribution is -2.46. The van der Waals surface area contributed by atoms with Gasteiger partial charge in [-0.3, -0.25) is 9.89 Å². The Morgan fingerprint density at radius 2 is 2.21 bits per heavy atom. The summed E-state index contributed by atoms with van der Waals surface area (Å²) in [7, 11) is 0. The summed E-state index contributed by atoms with van der Waals surface area (Å²) in [4.78, 5) is 22.5. The van der Waals surface area contributed by atoms with Crippen LogP contribution in [0.25, 0.3) is 10.9 Å². The second kappa shape index (κ2) is 4.69. The molecule has 7 heteroatoms. The Hall–Kier alpha value is -2.41. The molecule has 0 saturated carbocycles. The molecule has 1 aromatic heterocycles. The van der Waals surface area contributed by atoms with E-state index in [0.717, 1.165) is 17.8 Å². The van der Waals surface area contributed by atoms with Crippen LogP contribution in [0.5, 0.6) is 0 Å². The highest BCUT2D eigenvalue weighted by molar-refractivity contribution is 5.98. The van der Waals surface area contributed by atoms with Crippen molar-refractivity contribution >= 4 is 22.8 Å². The fraction of sp³-hybridized carbons (Fsp3) is 0.250. The molecule has 0 aliphatic carbocycles. The SMILES string of the molecule is CC(O)(CNC(=O)c1ccc2[nH]ncc2c1)C(=O)O. The number of amides is 1. The van der Waals surface area contributed by atoms with Gasteiger partial charge in [-0.05, 0) is 25.1 Å². The molecule has 0 spiro atoms. The summed E-state index contributed by atoms with van der Waals surface area (Å²) in [6.07, 6.45) is 1.58. The number of fused-ring (bicyclic) bond motifs is 1. The number of hydrogen-bond donors (Lipinski definition) is 4. The number of carboxylic acids is 1. The molecule has 1 amide bonds. The number of benzene rings is 1. The Kier molecular flexibility index (Phi) is 3.22. The molecule has 0 saturated heterocycles. The van der Waals surface area contributed by atoms with Crippen molar-refractivity contribution in [1.82, 2.24) is 15.5 Å². The first-order chi connectivity index (χ1) is 8.90. The minimum absolute atomic E-state index is 0.370. The van der Waals surface area contributed by atoms with Gasteiger partial charge in [0.25, 0.3) is 5.91 Å². The van der Waals surface area contributed by atoms with E-state index in [1.807, 2.05) is 0 Å². The van der Waals surface area contributed by atoms with Crippen molar-refractivity contribution in [2.75, 3.05) is 6.54 Å². The van der Waals surface area contributed by atoms with Gasteiger partial charge in [0.05, 0.1) is 18.3 Å². The van der Waals surface area contributed by atoms with Gasteiger partial charge in [0.2, 0.25) is 0 Å². The van der Waals surface area contributed by atoms with Gasteiger partial charge in [0, 0.05) is 10.9 Å². The standard InChI is InChI=1S/C12H13N3O4/c1-12(19,11(17)18)6-13-10(16)7-2-3-9-8(4-7)5-14-15-9/h2-5,19H,6H2,1H3,(H,13,16)(H,14,15)(H,17,18). The highest BCUT2D eigenvalue weighted by Gasteiger charge is 2.30. The minimum atomic E-state index is -1.99. The number of aromatic nitrogens is 2. The van der Waals surface area contributed by atoms with Gasteiger partial charge < -0.3 is 15.5 Å². The summed E-state index contributed by atoms with van der Waals surface area (Å²) < 4.78 is 0. The van der Waals surface area contributed by atoms with Crippen LogP contribution in [0.15, 0.2) is 24.4 Å². The number of rotatable bonds is 4. The summed E-state index contributed by atoms with van der Waals surface area (Å²) in [6, 6.07) is 4.92. The highest BCUT2D eigenvalue weighted by Crippen LogP contribution is 2.13. The first-order valence-corrected chi connectivity index (χ1v) is 5.57. The molecule has 1 atom stereocenters. The van der Waals surface area contributed by atoms with Crippen molar-refractivity contribution in [3.8, 4) is 0 Å². The summed E-state index contributed by atoms with van der Waals surface area (Å²) in [5.41, 5.74) is -0.820. The third-order valence-electron chi connectivity index (χ3n) is 2.76. The number of carboxylic acid groups (broad SMARTS) is 1. The van der Waals surface area contributed by atoms with Crippen LogP contribution in [0.4, 0.5) is 0 Å². The van der Waals surface area contributed by atoms with Crippen LogP contribution in [-0.2, 0) is 4.79 Å². The van der Waals surface area contributed by atoms with Gasteiger partial charge in [0.1, 0.15) is 0 Å². The average Bonchev–Trinajstić information content (AvgIpc) is 2.82. The Balaban J connectivity index is 2.09. The van der Waals surface area contributed by atoms with E-state index in [1.54, 1.807) is 24.4 Å². The van der Waals surface area contributed by atoms with Crippen molar-refractivity contribution in [2.24, 2.45) is 0 Å². The van der Waals surface area contributed by atoms with E-state index in [0.29, 0.717) is 5.56 Å². The summed E-state index contributed by atoms with van der Waals surface area (Å²) in [5, 5.41) is 28.0. The number of carbonyl (C=O) groups is 2. The maximum absolute atomic E-state index is 11.8. The zero-order valence-corrected chi connectivity index (χ0v) is 10.2. The molecular weight excluding hydrogens is 250 g/mol. The van der Waals surface area contributed by atoms with Crippen LogP contribution in [-0.4, -0.2) is 44.4 Å². The summed E-state index contributed by atoms with van der Waals surface area (Å²) >= 11 is 0. The Labute approximate surface area is 108 Å². The number of aliphatic hydroxyl groups is 1. The molecule has 0 bridgehead atoms. The smallest absolute Gasteiger partial charge is 0.337 e. The van der Waals surface area contributed by atoms with Crippen molar-refractivity contribution in [3.05, 3.63) is 30.0 Å². The highest BCUT2D eigenvalue weighted by atomic mass is 16.4. The van der Waals surface area contributed by atoms with E-state index in [-0.39, 0.29) is 6.54 Å². The topological polar surface area (TPSA) is 115 Å². The van der Waals surface area contributed by atoms with Crippen LogP contribution in [0.2, 0.25) is 0 Å². The molecule has 100 valence electrons. The predicted molar refractivity (Wildman–Crippen MR) is 66.7 cm³/mol. The van der Waals surface area contributed by atoms with E-state index in [4.69, 9.17) is 5.11 Å². The number of nitrogens with one attached hydrogen (secondary N) is 2. The molecule has 1 unspecified atom stereocenters.